The second-order valence-corrected chi connectivity index (χ2v) is 4.40. The summed E-state index contributed by atoms with van der Waals surface area (Å²) in [5, 5.41) is 0. The van der Waals surface area contributed by atoms with Crippen molar-refractivity contribution in [3.63, 3.8) is 0 Å². The summed E-state index contributed by atoms with van der Waals surface area (Å²) < 4.78 is 0.896. The Kier molecular flexibility index (Phi) is 5.01. The molecule has 50 valence electrons. The minimum absolute atomic E-state index is 0.872. The Morgan fingerprint density at radius 3 is 2.00 bits per heavy atom. The fourth-order valence-electron chi connectivity index (χ4n) is 0.678. The van der Waals surface area contributed by atoms with Crippen molar-refractivity contribution in [1.82, 2.24) is 0 Å². The quantitative estimate of drug-likeness (QED) is 0.511. The van der Waals surface area contributed by atoms with Gasteiger partial charge in [0.05, 0.1) is 0 Å². The van der Waals surface area contributed by atoms with Crippen LogP contribution in [0.1, 0.15) is 33.6 Å². The van der Waals surface area contributed by atoms with E-state index in [4.69, 9.17) is 0 Å². The van der Waals surface area contributed by atoms with Crippen molar-refractivity contribution in [2.24, 2.45) is 5.92 Å². The van der Waals surface area contributed by atoms with Crippen molar-refractivity contribution in [3.8, 4) is 0 Å². The van der Waals surface area contributed by atoms with Crippen LogP contribution in [-0.4, -0.2) is 3.92 Å². The molecule has 8 heavy (non-hydrogen) atoms. The summed E-state index contributed by atoms with van der Waals surface area (Å²) in [4.78, 5) is 0. The maximum absolute atomic E-state index is 2.52. The average molecular weight is 226 g/mol. The van der Waals surface area contributed by atoms with E-state index in [0.717, 1.165) is 9.84 Å². The summed E-state index contributed by atoms with van der Waals surface area (Å²) in [6, 6.07) is 0. The summed E-state index contributed by atoms with van der Waals surface area (Å²) in [7, 11) is 0. The van der Waals surface area contributed by atoms with Crippen LogP contribution in [0.15, 0.2) is 0 Å². The molecule has 0 aromatic rings. The van der Waals surface area contributed by atoms with E-state index in [9.17, 15) is 0 Å². The number of alkyl halides is 1. The van der Waals surface area contributed by atoms with E-state index in [0.29, 0.717) is 0 Å². The van der Waals surface area contributed by atoms with E-state index in [2.05, 4.69) is 43.4 Å². The van der Waals surface area contributed by atoms with E-state index in [-0.39, 0.29) is 0 Å². The smallest absolute Gasteiger partial charge is 0.0109 e. The molecular weight excluding hydrogens is 211 g/mol. The first-order valence-electron chi connectivity index (χ1n) is 3.30. The van der Waals surface area contributed by atoms with E-state index < -0.39 is 0 Å². The van der Waals surface area contributed by atoms with Gasteiger partial charge in [0.25, 0.3) is 0 Å². The normalized spacial score (nSPS) is 14.6. The van der Waals surface area contributed by atoms with Gasteiger partial charge in [-0.25, -0.2) is 0 Å². The van der Waals surface area contributed by atoms with Gasteiger partial charge in [0.2, 0.25) is 0 Å². The van der Waals surface area contributed by atoms with Gasteiger partial charge in [-0.1, -0.05) is 43.4 Å². The number of hydrogen-bond donors (Lipinski definition) is 0. The first kappa shape index (κ1) is 8.73. The highest BCUT2D eigenvalue weighted by molar-refractivity contribution is 14.1. The predicted octanol–water partition coefficient (Wildman–Crippen LogP) is 3.25. The molecule has 0 fully saturated rings. The Morgan fingerprint density at radius 1 is 1.38 bits per heavy atom. The molecule has 0 heterocycles. The molecule has 0 radical (unpaired) electrons. The molecule has 1 atom stereocenters. The first-order valence-corrected chi connectivity index (χ1v) is 4.55. The van der Waals surface area contributed by atoms with E-state index in [1.54, 1.807) is 0 Å². The van der Waals surface area contributed by atoms with Gasteiger partial charge in [-0.2, -0.15) is 0 Å². The van der Waals surface area contributed by atoms with Gasteiger partial charge < -0.3 is 0 Å². The molecule has 0 aliphatic carbocycles. The summed E-state index contributed by atoms with van der Waals surface area (Å²) in [5.74, 6) is 0.872. The van der Waals surface area contributed by atoms with Gasteiger partial charge >= 0.3 is 0 Å². The highest BCUT2D eigenvalue weighted by Crippen LogP contribution is 2.15. The fourth-order valence-corrected chi connectivity index (χ4v) is 1.70. The molecule has 1 heteroatoms. The van der Waals surface area contributed by atoms with E-state index in [1.807, 2.05) is 0 Å². The van der Waals surface area contributed by atoms with Crippen molar-refractivity contribution in [2.45, 2.75) is 37.5 Å². The van der Waals surface area contributed by atoms with Crippen LogP contribution in [0.4, 0.5) is 0 Å². The van der Waals surface area contributed by atoms with Crippen molar-refractivity contribution in [3.05, 3.63) is 0 Å². The maximum Gasteiger partial charge on any atom is 0.0109 e. The van der Waals surface area contributed by atoms with Crippen LogP contribution in [-0.2, 0) is 0 Å². The zero-order valence-electron chi connectivity index (χ0n) is 5.95. The average Bonchev–Trinajstić information content (AvgIpc) is 1.65. The van der Waals surface area contributed by atoms with Crippen LogP contribution < -0.4 is 0 Å². The molecular formula is C7H15I. The molecule has 0 aromatic carbocycles. The highest BCUT2D eigenvalue weighted by atomic mass is 127. The molecule has 0 rings (SSSR count). The molecule has 0 aliphatic heterocycles. The largest absolute Gasteiger partial charge is 0.0826 e. The third-order valence-corrected chi connectivity index (χ3v) is 2.56. The van der Waals surface area contributed by atoms with Crippen molar-refractivity contribution < 1.29 is 0 Å². The Labute approximate surface area is 66.2 Å². The van der Waals surface area contributed by atoms with Crippen molar-refractivity contribution >= 4 is 22.6 Å². The first-order chi connectivity index (χ1) is 3.66. The van der Waals surface area contributed by atoms with Crippen LogP contribution in [0.3, 0.4) is 0 Å². The fraction of sp³-hybridized carbons (Fsp3) is 1.00. The van der Waals surface area contributed by atoms with Crippen LogP contribution in [0.25, 0.3) is 0 Å². The lowest BCUT2D eigenvalue weighted by molar-refractivity contribution is 0.571. The van der Waals surface area contributed by atoms with Crippen LogP contribution in [0, 0.1) is 5.92 Å². The Bertz CT molecular complexity index is 50.3. The lowest BCUT2D eigenvalue weighted by Crippen LogP contribution is -1.99. The van der Waals surface area contributed by atoms with Gasteiger partial charge in [0, 0.05) is 3.92 Å². The van der Waals surface area contributed by atoms with Crippen molar-refractivity contribution in [2.75, 3.05) is 0 Å². The maximum atomic E-state index is 2.52. The Morgan fingerprint density at radius 2 is 1.88 bits per heavy atom. The predicted molar refractivity (Wildman–Crippen MR) is 47.6 cm³/mol. The second kappa shape index (κ2) is 4.59. The molecule has 0 saturated heterocycles. The number of hydrogen-bond acceptors (Lipinski definition) is 0. The van der Waals surface area contributed by atoms with E-state index >= 15 is 0 Å². The summed E-state index contributed by atoms with van der Waals surface area (Å²) in [6.45, 7) is 6.81. The third kappa shape index (κ3) is 4.88. The summed E-state index contributed by atoms with van der Waals surface area (Å²) >= 11 is 2.52. The topological polar surface area (TPSA) is 0 Å². The Balaban J connectivity index is 3.10. The third-order valence-electron chi connectivity index (χ3n) is 1.17. The van der Waals surface area contributed by atoms with Gasteiger partial charge in [0.15, 0.2) is 0 Å². The molecule has 0 aliphatic rings. The van der Waals surface area contributed by atoms with Crippen molar-refractivity contribution in [1.29, 1.82) is 0 Å². The summed E-state index contributed by atoms with van der Waals surface area (Å²) in [5.41, 5.74) is 0. The molecule has 1 unspecified atom stereocenters. The van der Waals surface area contributed by atoms with Gasteiger partial charge in [-0.15, -0.1) is 0 Å². The zero-order chi connectivity index (χ0) is 6.57. The molecule has 0 aromatic heterocycles. The molecule has 0 saturated carbocycles. The zero-order valence-corrected chi connectivity index (χ0v) is 8.10. The molecule has 0 N–H and O–H groups in total. The molecule has 0 bridgehead atoms. The minimum atomic E-state index is 0.872. The second-order valence-electron chi connectivity index (χ2n) is 2.64. The van der Waals surface area contributed by atoms with Crippen LogP contribution in [0.5, 0.6) is 0 Å². The lowest BCUT2D eigenvalue weighted by atomic mass is 10.1. The van der Waals surface area contributed by atoms with Crippen LogP contribution >= 0.6 is 22.6 Å². The lowest BCUT2D eigenvalue weighted by Gasteiger charge is -2.07. The van der Waals surface area contributed by atoms with Gasteiger partial charge in [-0.05, 0) is 18.8 Å². The highest BCUT2D eigenvalue weighted by Gasteiger charge is 2.01. The standard InChI is InChI=1S/C7H15I/c1-4-7(8)5-6(2)3/h6-7H,4-5H2,1-3H3. The molecule has 0 spiro atoms. The minimum Gasteiger partial charge on any atom is -0.0826 e. The summed E-state index contributed by atoms with van der Waals surface area (Å²) in [6.07, 6.45) is 2.69. The molecule has 0 nitrogen and oxygen atoms in total. The van der Waals surface area contributed by atoms with Gasteiger partial charge in [-0.3, -0.25) is 0 Å². The SMILES string of the molecule is CCC(I)CC(C)C. The van der Waals surface area contributed by atoms with Crippen LogP contribution in [0.2, 0.25) is 0 Å². The Hall–Kier alpha value is 0.730. The molecule has 0 amide bonds. The van der Waals surface area contributed by atoms with E-state index in [1.165, 1.54) is 12.8 Å². The number of halogens is 1. The monoisotopic (exact) mass is 226 g/mol. The van der Waals surface area contributed by atoms with Gasteiger partial charge in [0.1, 0.15) is 0 Å². The number of rotatable bonds is 3.